The van der Waals surface area contributed by atoms with Crippen LogP contribution >= 0.6 is 11.3 Å². The van der Waals surface area contributed by atoms with Crippen molar-refractivity contribution in [2.45, 2.75) is 25.3 Å². The van der Waals surface area contributed by atoms with Crippen LogP contribution in [0.1, 0.15) is 29.4 Å². The number of carbonyl (C=O) groups is 2. The van der Waals surface area contributed by atoms with Crippen molar-refractivity contribution in [1.29, 1.82) is 0 Å². The second kappa shape index (κ2) is 4.59. The molecule has 0 radical (unpaired) electrons. The first-order chi connectivity index (χ1) is 9.52. The van der Waals surface area contributed by atoms with Crippen molar-refractivity contribution in [3.05, 3.63) is 35.2 Å². The number of likely N-dealkylation sites (tertiary alicyclic amines) is 1. The van der Waals surface area contributed by atoms with Crippen LogP contribution in [0, 0.1) is 0 Å². The van der Waals surface area contributed by atoms with Crippen LogP contribution in [0.4, 0.5) is 0 Å². The molecule has 3 rings (SSSR count). The van der Waals surface area contributed by atoms with E-state index in [1.54, 1.807) is 6.92 Å². The quantitative estimate of drug-likeness (QED) is 0.924. The highest BCUT2D eigenvalue weighted by Crippen LogP contribution is 2.33. The van der Waals surface area contributed by atoms with E-state index in [9.17, 15) is 14.7 Å². The van der Waals surface area contributed by atoms with Crippen LogP contribution in [0.2, 0.25) is 0 Å². The van der Waals surface area contributed by atoms with Gasteiger partial charge in [0.1, 0.15) is 5.54 Å². The Morgan fingerprint density at radius 1 is 1.35 bits per heavy atom. The minimum atomic E-state index is -1.08. The van der Waals surface area contributed by atoms with E-state index in [4.69, 9.17) is 0 Å². The number of hydrogen-bond donors (Lipinski definition) is 1. The summed E-state index contributed by atoms with van der Waals surface area (Å²) >= 11 is 1.42. The van der Waals surface area contributed by atoms with E-state index in [2.05, 4.69) is 0 Å². The molecule has 2 heterocycles. The summed E-state index contributed by atoms with van der Waals surface area (Å²) in [6.07, 6.45) is 1.25. The van der Waals surface area contributed by atoms with Crippen LogP contribution in [0.15, 0.2) is 30.3 Å². The predicted molar refractivity (Wildman–Crippen MR) is 78.1 cm³/mol. The highest BCUT2D eigenvalue weighted by Gasteiger charge is 2.46. The number of carbonyl (C=O) groups excluding carboxylic acids is 1. The number of rotatable bonds is 2. The molecule has 1 N–H and O–H groups in total. The molecule has 1 atom stereocenters. The second-order valence-electron chi connectivity index (χ2n) is 5.29. The van der Waals surface area contributed by atoms with Crippen molar-refractivity contribution < 1.29 is 14.7 Å². The van der Waals surface area contributed by atoms with E-state index in [1.807, 2.05) is 30.3 Å². The number of fused-ring (bicyclic) bond motifs is 1. The molecule has 1 aliphatic rings. The lowest BCUT2D eigenvalue weighted by Crippen LogP contribution is -2.50. The summed E-state index contributed by atoms with van der Waals surface area (Å²) in [7, 11) is 0. The van der Waals surface area contributed by atoms with Crippen molar-refractivity contribution in [3.8, 4) is 0 Å². The summed E-state index contributed by atoms with van der Waals surface area (Å²) in [5.41, 5.74) is -1.08. The van der Waals surface area contributed by atoms with Crippen LogP contribution in [0.5, 0.6) is 0 Å². The Balaban J connectivity index is 1.98. The third-order valence-corrected chi connectivity index (χ3v) is 5.09. The van der Waals surface area contributed by atoms with E-state index in [0.29, 0.717) is 17.8 Å². The van der Waals surface area contributed by atoms with E-state index in [1.165, 1.54) is 16.2 Å². The van der Waals surface area contributed by atoms with Crippen LogP contribution in [-0.4, -0.2) is 34.0 Å². The van der Waals surface area contributed by atoms with Gasteiger partial charge in [0.05, 0.1) is 4.88 Å². The fourth-order valence-corrected chi connectivity index (χ4v) is 3.74. The van der Waals surface area contributed by atoms with Crippen molar-refractivity contribution in [2.24, 2.45) is 0 Å². The van der Waals surface area contributed by atoms with Crippen molar-refractivity contribution in [1.82, 2.24) is 4.90 Å². The average Bonchev–Trinajstić information content (AvgIpc) is 3.02. The van der Waals surface area contributed by atoms with Crippen molar-refractivity contribution in [3.63, 3.8) is 0 Å². The summed E-state index contributed by atoms with van der Waals surface area (Å²) in [4.78, 5) is 26.2. The summed E-state index contributed by atoms with van der Waals surface area (Å²) < 4.78 is 1.05. The molecule has 1 unspecified atom stereocenters. The average molecular weight is 289 g/mol. The van der Waals surface area contributed by atoms with Gasteiger partial charge >= 0.3 is 5.97 Å². The first-order valence-electron chi connectivity index (χ1n) is 6.56. The molecule has 1 saturated heterocycles. The molecule has 4 nitrogen and oxygen atoms in total. The Morgan fingerprint density at radius 3 is 2.80 bits per heavy atom. The molecule has 1 aliphatic heterocycles. The number of hydrogen-bond acceptors (Lipinski definition) is 3. The molecule has 1 amide bonds. The van der Waals surface area contributed by atoms with Gasteiger partial charge in [0, 0.05) is 11.2 Å². The van der Waals surface area contributed by atoms with Gasteiger partial charge in [-0.2, -0.15) is 0 Å². The molecular formula is C15H15NO3S. The number of nitrogens with zero attached hydrogens (tertiary/aromatic N) is 1. The Labute approximate surface area is 120 Å². The lowest BCUT2D eigenvalue weighted by Gasteiger charge is -2.30. The van der Waals surface area contributed by atoms with Crippen molar-refractivity contribution in [2.75, 3.05) is 6.54 Å². The van der Waals surface area contributed by atoms with Crippen LogP contribution in [0.3, 0.4) is 0 Å². The topological polar surface area (TPSA) is 57.6 Å². The SMILES string of the molecule is CC1(C(=O)O)CCCN1C(=O)c1cc2ccccc2s1. The van der Waals surface area contributed by atoms with Crippen LogP contribution in [-0.2, 0) is 4.79 Å². The monoisotopic (exact) mass is 289 g/mol. The molecule has 1 aromatic heterocycles. The second-order valence-corrected chi connectivity index (χ2v) is 6.37. The molecule has 5 heteroatoms. The molecular weight excluding hydrogens is 274 g/mol. The zero-order valence-corrected chi connectivity index (χ0v) is 11.9. The Bertz CT molecular complexity index is 660. The fourth-order valence-electron chi connectivity index (χ4n) is 2.73. The standard InChI is InChI=1S/C15H15NO3S/c1-15(14(18)19)7-4-8-16(15)13(17)12-9-10-5-2-3-6-11(10)20-12/h2-3,5-6,9H,4,7-8H2,1H3,(H,18,19). The maximum atomic E-state index is 12.6. The summed E-state index contributed by atoms with van der Waals surface area (Å²) in [5.74, 6) is -1.10. The molecule has 0 spiro atoms. The largest absolute Gasteiger partial charge is 0.480 e. The maximum Gasteiger partial charge on any atom is 0.329 e. The Kier molecular flexibility index (Phi) is 3.01. The number of amides is 1. The molecule has 0 bridgehead atoms. The van der Waals surface area contributed by atoms with Gasteiger partial charge < -0.3 is 10.0 Å². The molecule has 104 valence electrons. The van der Waals surface area contributed by atoms with Gasteiger partial charge in [0.25, 0.3) is 5.91 Å². The van der Waals surface area contributed by atoms with E-state index < -0.39 is 11.5 Å². The highest BCUT2D eigenvalue weighted by atomic mass is 32.1. The van der Waals surface area contributed by atoms with E-state index in [0.717, 1.165) is 16.5 Å². The highest BCUT2D eigenvalue weighted by molar-refractivity contribution is 7.20. The molecule has 0 saturated carbocycles. The zero-order chi connectivity index (χ0) is 14.3. The molecule has 1 fully saturated rings. The van der Waals surface area contributed by atoms with Gasteiger partial charge in [-0.05, 0) is 37.3 Å². The molecule has 0 aliphatic carbocycles. The molecule has 20 heavy (non-hydrogen) atoms. The van der Waals surface area contributed by atoms with Gasteiger partial charge in [-0.25, -0.2) is 4.79 Å². The van der Waals surface area contributed by atoms with Gasteiger partial charge in [0.15, 0.2) is 0 Å². The smallest absolute Gasteiger partial charge is 0.329 e. The number of carboxylic acids is 1. The minimum absolute atomic E-state index is 0.173. The molecule has 2 aromatic rings. The summed E-state index contributed by atoms with van der Waals surface area (Å²) in [6, 6.07) is 9.65. The first-order valence-corrected chi connectivity index (χ1v) is 7.38. The lowest BCUT2D eigenvalue weighted by atomic mass is 9.99. The Hall–Kier alpha value is -1.88. The van der Waals surface area contributed by atoms with Crippen LogP contribution in [0.25, 0.3) is 10.1 Å². The fraction of sp³-hybridized carbons (Fsp3) is 0.333. The number of thiophene rings is 1. The van der Waals surface area contributed by atoms with Gasteiger partial charge in [-0.3, -0.25) is 4.79 Å². The first kappa shape index (κ1) is 13.1. The number of carboxylic acid groups (broad SMARTS) is 1. The van der Waals surface area contributed by atoms with E-state index >= 15 is 0 Å². The van der Waals surface area contributed by atoms with Crippen molar-refractivity contribution >= 4 is 33.3 Å². The molecule has 1 aromatic carbocycles. The Morgan fingerprint density at radius 2 is 2.10 bits per heavy atom. The van der Waals surface area contributed by atoms with Crippen LogP contribution < -0.4 is 0 Å². The third kappa shape index (κ3) is 1.89. The maximum absolute atomic E-state index is 12.6. The number of benzene rings is 1. The summed E-state index contributed by atoms with van der Waals surface area (Å²) in [5, 5.41) is 10.4. The minimum Gasteiger partial charge on any atom is -0.480 e. The summed E-state index contributed by atoms with van der Waals surface area (Å²) in [6.45, 7) is 2.14. The van der Waals surface area contributed by atoms with Gasteiger partial charge in [-0.15, -0.1) is 11.3 Å². The normalized spacial score (nSPS) is 22.4. The zero-order valence-electron chi connectivity index (χ0n) is 11.1. The van der Waals surface area contributed by atoms with Gasteiger partial charge in [0.2, 0.25) is 0 Å². The predicted octanol–water partition coefficient (Wildman–Crippen LogP) is 2.98. The number of aliphatic carboxylic acids is 1. The lowest BCUT2D eigenvalue weighted by molar-refractivity contribution is -0.147. The third-order valence-electron chi connectivity index (χ3n) is 3.98. The van der Waals surface area contributed by atoms with E-state index in [-0.39, 0.29) is 5.91 Å². The van der Waals surface area contributed by atoms with Gasteiger partial charge in [-0.1, -0.05) is 18.2 Å².